The first-order valence-electron chi connectivity index (χ1n) is 9.93. The summed E-state index contributed by atoms with van der Waals surface area (Å²) < 4.78 is 18.2. The van der Waals surface area contributed by atoms with Gasteiger partial charge < -0.3 is 15.0 Å². The van der Waals surface area contributed by atoms with Crippen LogP contribution in [-0.2, 0) is 14.3 Å². The van der Waals surface area contributed by atoms with Gasteiger partial charge in [-0.3, -0.25) is 14.5 Å². The van der Waals surface area contributed by atoms with Crippen molar-refractivity contribution in [2.45, 2.75) is 19.4 Å². The van der Waals surface area contributed by atoms with Crippen LogP contribution in [0.5, 0.6) is 0 Å². The first kappa shape index (κ1) is 23.1. The number of nitrogens with zero attached hydrogens (tertiary/aromatic N) is 2. The van der Waals surface area contributed by atoms with Gasteiger partial charge in [0, 0.05) is 12.2 Å². The molecule has 2 aromatic rings. The summed E-state index contributed by atoms with van der Waals surface area (Å²) >= 11 is 5.45. The fourth-order valence-electron chi connectivity index (χ4n) is 3.30. The van der Waals surface area contributed by atoms with Crippen molar-refractivity contribution in [2.24, 2.45) is 0 Å². The molecular weight excluding hydrogens is 433 g/mol. The van der Waals surface area contributed by atoms with Gasteiger partial charge in [-0.15, -0.1) is 6.58 Å². The molecule has 1 N–H and O–H groups in total. The largest absolute Gasteiger partial charge is 0.462 e. The minimum atomic E-state index is -0.829. The topological polar surface area (TPSA) is 79.0 Å². The van der Waals surface area contributed by atoms with E-state index in [1.807, 2.05) is 0 Å². The number of halogens is 1. The summed E-state index contributed by atoms with van der Waals surface area (Å²) in [5.41, 5.74) is 1.27. The Morgan fingerprint density at radius 1 is 1.19 bits per heavy atom. The maximum atomic E-state index is 13.3. The molecule has 1 saturated heterocycles. The highest BCUT2D eigenvalue weighted by Gasteiger charge is 2.43. The molecule has 0 aliphatic carbocycles. The van der Waals surface area contributed by atoms with Crippen LogP contribution in [0.15, 0.2) is 61.2 Å². The number of anilines is 2. The van der Waals surface area contributed by atoms with Crippen molar-refractivity contribution in [1.29, 1.82) is 0 Å². The molecule has 7 nitrogen and oxygen atoms in total. The van der Waals surface area contributed by atoms with Gasteiger partial charge in [-0.1, -0.05) is 6.08 Å². The smallest absolute Gasteiger partial charge is 0.338 e. The number of carbonyl (C=O) groups excluding carboxylic acids is 3. The average molecular weight is 456 g/mol. The van der Waals surface area contributed by atoms with E-state index in [0.29, 0.717) is 16.9 Å². The Kier molecular flexibility index (Phi) is 7.32. The number of hydrogen-bond acceptors (Lipinski definition) is 5. The van der Waals surface area contributed by atoms with E-state index >= 15 is 0 Å². The molecule has 1 aliphatic rings. The monoisotopic (exact) mass is 455 g/mol. The molecule has 2 amide bonds. The zero-order valence-corrected chi connectivity index (χ0v) is 18.2. The molecular formula is C23H22FN3O4S. The van der Waals surface area contributed by atoms with Crippen molar-refractivity contribution in [3.63, 3.8) is 0 Å². The molecule has 166 valence electrons. The van der Waals surface area contributed by atoms with Crippen LogP contribution in [0.2, 0.25) is 0 Å². The van der Waals surface area contributed by atoms with Gasteiger partial charge in [-0.25, -0.2) is 9.18 Å². The number of esters is 1. The summed E-state index contributed by atoms with van der Waals surface area (Å²) in [4.78, 5) is 40.4. The third-order valence-corrected chi connectivity index (χ3v) is 5.20. The Balaban J connectivity index is 1.72. The summed E-state index contributed by atoms with van der Waals surface area (Å²) in [5.74, 6) is -1.66. The molecule has 1 atom stereocenters. The lowest BCUT2D eigenvalue weighted by molar-refractivity contribution is -0.124. The lowest BCUT2D eigenvalue weighted by Gasteiger charge is -2.22. The number of amides is 2. The number of hydrogen-bond donors (Lipinski definition) is 1. The van der Waals surface area contributed by atoms with Crippen LogP contribution >= 0.6 is 12.2 Å². The number of carbonyl (C=O) groups is 3. The maximum Gasteiger partial charge on any atom is 0.338 e. The Morgan fingerprint density at radius 2 is 1.84 bits per heavy atom. The molecule has 32 heavy (non-hydrogen) atoms. The van der Waals surface area contributed by atoms with Crippen molar-refractivity contribution >= 4 is 46.5 Å². The lowest BCUT2D eigenvalue weighted by Crippen LogP contribution is -2.37. The van der Waals surface area contributed by atoms with Gasteiger partial charge in [0.1, 0.15) is 11.9 Å². The molecule has 1 heterocycles. The summed E-state index contributed by atoms with van der Waals surface area (Å²) in [5, 5.41) is 2.94. The van der Waals surface area contributed by atoms with Gasteiger partial charge in [0.15, 0.2) is 5.11 Å². The van der Waals surface area contributed by atoms with E-state index in [-0.39, 0.29) is 30.6 Å². The van der Waals surface area contributed by atoms with E-state index in [1.54, 1.807) is 42.2 Å². The molecule has 0 aromatic heterocycles. The molecule has 0 bridgehead atoms. The molecule has 0 radical (unpaired) electrons. The van der Waals surface area contributed by atoms with Gasteiger partial charge >= 0.3 is 5.97 Å². The first-order valence-corrected chi connectivity index (χ1v) is 10.3. The molecule has 1 unspecified atom stereocenters. The number of benzene rings is 2. The third kappa shape index (κ3) is 5.00. The highest BCUT2D eigenvalue weighted by atomic mass is 32.1. The van der Waals surface area contributed by atoms with Crippen molar-refractivity contribution in [1.82, 2.24) is 4.90 Å². The Bertz CT molecular complexity index is 1040. The summed E-state index contributed by atoms with van der Waals surface area (Å²) in [6.07, 6.45) is 1.44. The summed E-state index contributed by atoms with van der Waals surface area (Å²) in [7, 11) is 0. The zero-order chi connectivity index (χ0) is 23.3. The normalized spacial score (nSPS) is 15.6. The Morgan fingerprint density at radius 3 is 2.44 bits per heavy atom. The summed E-state index contributed by atoms with van der Waals surface area (Å²) in [6.45, 7) is 5.95. The van der Waals surface area contributed by atoms with Crippen LogP contribution in [0.25, 0.3) is 0 Å². The van der Waals surface area contributed by atoms with E-state index in [0.717, 1.165) is 0 Å². The fraction of sp³-hybridized carbons (Fsp3) is 0.217. The van der Waals surface area contributed by atoms with Gasteiger partial charge in [-0.2, -0.15) is 0 Å². The predicted molar refractivity (Wildman–Crippen MR) is 123 cm³/mol. The molecule has 2 aromatic carbocycles. The van der Waals surface area contributed by atoms with Crippen LogP contribution < -0.4 is 10.2 Å². The number of rotatable bonds is 8. The second-order valence-electron chi connectivity index (χ2n) is 6.94. The second-order valence-corrected chi connectivity index (χ2v) is 7.30. The minimum Gasteiger partial charge on any atom is -0.462 e. The van der Waals surface area contributed by atoms with E-state index in [9.17, 15) is 18.8 Å². The maximum absolute atomic E-state index is 13.3. The molecule has 1 aliphatic heterocycles. The quantitative estimate of drug-likeness (QED) is 0.373. The molecule has 0 saturated carbocycles. The third-order valence-electron chi connectivity index (χ3n) is 4.79. The predicted octanol–water partition coefficient (Wildman–Crippen LogP) is 3.52. The second kappa shape index (κ2) is 10.1. The van der Waals surface area contributed by atoms with Crippen LogP contribution in [0.1, 0.15) is 23.7 Å². The van der Waals surface area contributed by atoms with Crippen molar-refractivity contribution < 1.29 is 23.5 Å². The van der Waals surface area contributed by atoms with Crippen LogP contribution in [-0.4, -0.2) is 47.0 Å². The lowest BCUT2D eigenvalue weighted by atomic mass is 10.1. The van der Waals surface area contributed by atoms with Crippen molar-refractivity contribution in [2.75, 3.05) is 23.4 Å². The summed E-state index contributed by atoms with van der Waals surface area (Å²) in [6, 6.07) is 10.8. The van der Waals surface area contributed by atoms with E-state index in [4.69, 9.17) is 17.0 Å². The minimum absolute atomic E-state index is 0.149. The Labute approximate surface area is 190 Å². The van der Waals surface area contributed by atoms with Crippen LogP contribution in [0.4, 0.5) is 15.8 Å². The molecule has 1 fully saturated rings. The molecule has 0 spiro atoms. The van der Waals surface area contributed by atoms with Crippen LogP contribution in [0, 0.1) is 5.82 Å². The highest BCUT2D eigenvalue weighted by molar-refractivity contribution is 7.80. The van der Waals surface area contributed by atoms with Gasteiger partial charge in [-0.05, 0) is 67.7 Å². The zero-order valence-electron chi connectivity index (χ0n) is 17.4. The SMILES string of the molecule is C=CCN1C(=S)N(c2ccc(F)cc2)C(=O)C1CC(=O)Nc1ccc(C(=O)OCC)cc1. The highest BCUT2D eigenvalue weighted by Crippen LogP contribution is 2.27. The van der Waals surface area contributed by atoms with Crippen molar-refractivity contribution in [3.05, 3.63) is 72.6 Å². The van der Waals surface area contributed by atoms with Crippen LogP contribution in [0.3, 0.4) is 0 Å². The van der Waals surface area contributed by atoms with Crippen molar-refractivity contribution in [3.8, 4) is 0 Å². The van der Waals surface area contributed by atoms with E-state index < -0.39 is 23.7 Å². The molecule has 3 rings (SSSR count). The fourth-order valence-corrected chi connectivity index (χ4v) is 3.70. The average Bonchev–Trinajstić information content (AvgIpc) is 2.99. The van der Waals surface area contributed by atoms with Gasteiger partial charge in [0.05, 0.1) is 24.3 Å². The number of thiocarbonyl (C=S) groups is 1. The Hall–Kier alpha value is -3.59. The molecule has 9 heteroatoms. The van der Waals surface area contributed by atoms with E-state index in [1.165, 1.54) is 29.2 Å². The first-order chi connectivity index (χ1) is 15.3. The standard InChI is InChI=1S/C23H22FN3O4S/c1-3-13-26-19(21(29)27(23(26)32)18-11-7-16(24)8-12-18)14-20(28)25-17-9-5-15(6-10-17)22(30)31-4-2/h3,5-12,19H,1,4,13-14H2,2H3,(H,25,28). The van der Waals surface area contributed by atoms with Gasteiger partial charge in [0.25, 0.3) is 5.91 Å². The van der Waals surface area contributed by atoms with E-state index in [2.05, 4.69) is 11.9 Å². The number of ether oxygens (including phenoxy) is 1. The van der Waals surface area contributed by atoms with Gasteiger partial charge in [0.2, 0.25) is 5.91 Å². The number of nitrogens with one attached hydrogen (secondary N) is 1.